The van der Waals surface area contributed by atoms with Crippen LogP contribution >= 0.6 is 0 Å². The van der Waals surface area contributed by atoms with Crippen LogP contribution in [-0.4, -0.2) is 60.4 Å². The number of likely N-dealkylation sites (tertiary alicyclic amines) is 1. The minimum Gasteiger partial charge on any atom is -0.493 e. The van der Waals surface area contributed by atoms with Gasteiger partial charge in [-0.3, -0.25) is 14.8 Å². The van der Waals surface area contributed by atoms with Crippen molar-refractivity contribution in [3.63, 3.8) is 0 Å². The van der Waals surface area contributed by atoms with Crippen LogP contribution in [0, 0.1) is 0 Å². The smallest absolute Gasteiger partial charge is 0.266 e. The summed E-state index contributed by atoms with van der Waals surface area (Å²) in [5.41, 5.74) is 2.70. The fourth-order valence-corrected chi connectivity index (χ4v) is 2.77. The number of methoxy groups -OCH3 is 2. The zero-order valence-electron chi connectivity index (χ0n) is 13.7. The maximum atomic E-state index is 12.7. The van der Waals surface area contributed by atoms with Gasteiger partial charge in [-0.2, -0.15) is 0 Å². The third kappa shape index (κ3) is 3.44. The highest BCUT2D eigenvalue weighted by atomic mass is 16.5. The number of hydrogen-bond donors (Lipinski definition) is 3. The Morgan fingerprint density at radius 3 is 2.58 bits per heavy atom. The Hall–Kier alpha value is -2.32. The molecule has 0 saturated carbocycles. The van der Waals surface area contributed by atoms with Crippen LogP contribution in [0.5, 0.6) is 11.5 Å². The van der Waals surface area contributed by atoms with E-state index in [0.717, 1.165) is 5.56 Å². The second kappa shape index (κ2) is 7.98. The topological polar surface area (TPSA) is 108 Å². The minimum atomic E-state index is -0.670. The predicted molar refractivity (Wildman–Crippen MR) is 84.3 cm³/mol. The number of aryl methyl sites for hydroxylation is 1. The van der Waals surface area contributed by atoms with Crippen molar-refractivity contribution in [3.8, 4) is 11.5 Å². The molecule has 1 aliphatic rings. The summed E-state index contributed by atoms with van der Waals surface area (Å²) in [6, 6.07) is 2.58. The van der Waals surface area contributed by atoms with E-state index in [-0.39, 0.29) is 12.5 Å². The van der Waals surface area contributed by atoms with Gasteiger partial charge < -0.3 is 19.5 Å². The summed E-state index contributed by atoms with van der Waals surface area (Å²) in [6.07, 6.45) is 1.55. The highest BCUT2D eigenvalue weighted by molar-refractivity contribution is 5.99. The molecule has 8 nitrogen and oxygen atoms in total. The molecule has 1 atom stereocenters. The zero-order chi connectivity index (χ0) is 17.7. The number of nitrogens with zero attached hydrogens (tertiary/aromatic N) is 1. The second-order valence-corrected chi connectivity index (χ2v) is 5.48. The summed E-state index contributed by atoms with van der Waals surface area (Å²) in [5.74, 6) is 0.0207. The SMILES string of the molecule is COc1cc(C(=O)N2CCC2C(=O)NO)cc(CCCO)c1OC. The lowest BCUT2D eigenvalue weighted by atomic mass is 9.98. The van der Waals surface area contributed by atoms with Crippen LogP contribution in [0.15, 0.2) is 12.1 Å². The quantitative estimate of drug-likeness (QED) is 0.489. The first-order chi connectivity index (χ1) is 11.6. The predicted octanol–water partition coefficient (Wildman–Crippen LogP) is 0.349. The zero-order valence-corrected chi connectivity index (χ0v) is 13.7. The number of nitrogens with one attached hydrogen (secondary N) is 1. The van der Waals surface area contributed by atoms with Gasteiger partial charge in [-0.25, -0.2) is 5.48 Å². The summed E-state index contributed by atoms with van der Waals surface area (Å²) in [4.78, 5) is 25.6. The number of aliphatic hydroxyl groups is 1. The Bertz CT molecular complexity index is 619. The van der Waals surface area contributed by atoms with E-state index in [1.54, 1.807) is 17.6 Å². The van der Waals surface area contributed by atoms with Gasteiger partial charge in [0.1, 0.15) is 6.04 Å². The molecule has 1 aromatic carbocycles. The molecule has 1 aliphatic heterocycles. The van der Waals surface area contributed by atoms with Crippen molar-refractivity contribution in [1.29, 1.82) is 0 Å². The van der Waals surface area contributed by atoms with Crippen molar-refractivity contribution >= 4 is 11.8 Å². The summed E-state index contributed by atoms with van der Waals surface area (Å²) >= 11 is 0. The normalized spacial score (nSPS) is 16.3. The molecule has 132 valence electrons. The lowest BCUT2D eigenvalue weighted by Crippen LogP contribution is -2.57. The van der Waals surface area contributed by atoms with E-state index in [1.807, 2.05) is 0 Å². The fourth-order valence-electron chi connectivity index (χ4n) is 2.77. The van der Waals surface area contributed by atoms with Gasteiger partial charge in [0.2, 0.25) is 0 Å². The lowest BCUT2D eigenvalue weighted by Gasteiger charge is -2.39. The van der Waals surface area contributed by atoms with Crippen molar-refractivity contribution in [2.75, 3.05) is 27.4 Å². The molecule has 3 N–H and O–H groups in total. The number of hydroxylamine groups is 1. The molecular formula is C16H22N2O6. The molecule has 0 aromatic heterocycles. The van der Waals surface area contributed by atoms with E-state index < -0.39 is 11.9 Å². The van der Waals surface area contributed by atoms with E-state index in [2.05, 4.69) is 0 Å². The van der Waals surface area contributed by atoms with Crippen molar-refractivity contribution in [2.45, 2.75) is 25.3 Å². The van der Waals surface area contributed by atoms with Crippen molar-refractivity contribution in [2.24, 2.45) is 0 Å². The number of rotatable bonds is 7. The number of carbonyl (C=O) groups excluding carboxylic acids is 2. The van der Waals surface area contributed by atoms with Crippen molar-refractivity contribution in [1.82, 2.24) is 10.4 Å². The maximum absolute atomic E-state index is 12.7. The van der Waals surface area contributed by atoms with Gasteiger partial charge in [-0.1, -0.05) is 0 Å². The molecule has 24 heavy (non-hydrogen) atoms. The molecule has 1 unspecified atom stereocenters. The Morgan fingerprint density at radius 2 is 2.08 bits per heavy atom. The van der Waals surface area contributed by atoms with Crippen LogP contribution in [0.4, 0.5) is 0 Å². The average molecular weight is 338 g/mol. The number of ether oxygens (including phenoxy) is 2. The Kier molecular flexibility index (Phi) is 5.99. The molecule has 1 aromatic rings. The number of amides is 2. The van der Waals surface area contributed by atoms with Crippen LogP contribution < -0.4 is 15.0 Å². The summed E-state index contributed by atoms with van der Waals surface area (Å²) in [5, 5.41) is 17.8. The third-order valence-corrected chi connectivity index (χ3v) is 4.10. The van der Waals surface area contributed by atoms with Crippen LogP contribution in [0.2, 0.25) is 0 Å². The molecule has 0 spiro atoms. The van der Waals surface area contributed by atoms with Crippen LogP contribution in [0.25, 0.3) is 0 Å². The van der Waals surface area contributed by atoms with Crippen LogP contribution in [-0.2, 0) is 11.2 Å². The van der Waals surface area contributed by atoms with E-state index in [9.17, 15) is 9.59 Å². The fraction of sp³-hybridized carbons (Fsp3) is 0.500. The summed E-state index contributed by atoms with van der Waals surface area (Å²) < 4.78 is 10.6. The molecule has 1 fully saturated rings. The highest BCUT2D eigenvalue weighted by Gasteiger charge is 2.38. The Balaban J connectivity index is 2.32. The third-order valence-electron chi connectivity index (χ3n) is 4.10. The van der Waals surface area contributed by atoms with Gasteiger partial charge in [0.25, 0.3) is 11.8 Å². The minimum absolute atomic E-state index is 0.0223. The Morgan fingerprint density at radius 1 is 1.33 bits per heavy atom. The largest absolute Gasteiger partial charge is 0.493 e. The maximum Gasteiger partial charge on any atom is 0.266 e. The number of hydrogen-bond acceptors (Lipinski definition) is 6. The molecule has 2 amide bonds. The highest BCUT2D eigenvalue weighted by Crippen LogP contribution is 2.34. The second-order valence-electron chi connectivity index (χ2n) is 5.48. The summed E-state index contributed by atoms with van der Waals surface area (Å²) in [7, 11) is 2.99. The molecule has 1 heterocycles. The molecule has 2 rings (SSSR count). The van der Waals surface area contributed by atoms with Gasteiger partial charge >= 0.3 is 0 Å². The summed E-state index contributed by atoms with van der Waals surface area (Å²) in [6.45, 7) is 0.464. The van der Waals surface area contributed by atoms with Gasteiger partial charge in [-0.05, 0) is 37.0 Å². The Labute approximate surface area is 139 Å². The van der Waals surface area contributed by atoms with E-state index >= 15 is 0 Å². The van der Waals surface area contributed by atoms with Gasteiger partial charge in [0.15, 0.2) is 11.5 Å². The first-order valence-corrected chi connectivity index (χ1v) is 7.68. The molecule has 0 bridgehead atoms. The number of carbonyl (C=O) groups is 2. The van der Waals surface area contributed by atoms with E-state index in [0.29, 0.717) is 42.9 Å². The monoisotopic (exact) mass is 338 g/mol. The molecule has 0 radical (unpaired) electrons. The lowest BCUT2D eigenvalue weighted by molar-refractivity contribution is -0.137. The van der Waals surface area contributed by atoms with Gasteiger partial charge in [-0.15, -0.1) is 0 Å². The molecular weight excluding hydrogens is 316 g/mol. The van der Waals surface area contributed by atoms with Crippen molar-refractivity contribution in [3.05, 3.63) is 23.3 Å². The van der Waals surface area contributed by atoms with E-state index in [1.165, 1.54) is 19.1 Å². The van der Waals surface area contributed by atoms with Gasteiger partial charge in [0, 0.05) is 18.7 Å². The standard InChI is InChI=1S/C16H22N2O6/c1-23-13-9-11(8-10(4-3-7-19)14(13)24-2)16(21)18-6-5-12(18)15(20)17-22/h8-9,12,19,22H,3-7H2,1-2H3,(H,17,20). The van der Waals surface area contributed by atoms with Crippen LogP contribution in [0.3, 0.4) is 0 Å². The number of aliphatic hydroxyl groups excluding tert-OH is 1. The van der Waals surface area contributed by atoms with Crippen LogP contribution in [0.1, 0.15) is 28.8 Å². The first kappa shape index (κ1) is 18.0. The molecule has 8 heteroatoms. The first-order valence-electron chi connectivity index (χ1n) is 7.68. The van der Waals surface area contributed by atoms with Crippen molar-refractivity contribution < 1.29 is 29.4 Å². The van der Waals surface area contributed by atoms with Gasteiger partial charge in [0.05, 0.1) is 14.2 Å². The number of benzene rings is 1. The molecule has 0 aliphatic carbocycles. The molecule has 1 saturated heterocycles. The average Bonchev–Trinajstić information content (AvgIpc) is 2.57. The van der Waals surface area contributed by atoms with E-state index in [4.69, 9.17) is 19.8 Å².